The maximum atomic E-state index is 11.0. The number of unbranched alkanes of at least 4 members (excludes halogenated alkanes) is 7. The largest absolute Gasteiger partial charge is 0.466 e. The van der Waals surface area contributed by atoms with Gasteiger partial charge in [0.2, 0.25) is 0 Å². The first-order valence-electron chi connectivity index (χ1n) is 6.96. The number of hydrogen-bond donors (Lipinski definition) is 0. The van der Waals surface area contributed by atoms with Crippen LogP contribution in [0.15, 0.2) is 0 Å². The second-order valence-corrected chi connectivity index (χ2v) is 4.45. The summed E-state index contributed by atoms with van der Waals surface area (Å²) in [6.45, 7) is 4.86. The molecule has 96 valence electrons. The number of carbonyl (C=O) groups excluding carboxylic acids is 1. The van der Waals surface area contributed by atoms with Crippen LogP contribution in [0.3, 0.4) is 0 Å². The molecule has 0 saturated carbocycles. The minimum atomic E-state index is -0.0366. The fourth-order valence-electron chi connectivity index (χ4n) is 1.70. The van der Waals surface area contributed by atoms with E-state index in [4.69, 9.17) is 4.74 Å². The molecule has 0 N–H and O–H groups in total. The van der Waals surface area contributed by atoms with Gasteiger partial charge in [-0.05, 0) is 12.8 Å². The Bertz CT molecular complexity index is 155. The van der Waals surface area contributed by atoms with Crippen molar-refractivity contribution in [3.05, 3.63) is 0 Å². The van der Waals surface area contributed by atoms with Crippen molar-refractivity contribution in [2.75, 3.05) is 6.61 Å². The summed E-state index contributed by atoms with van der Waals surface area (Å²) in [6, 6.07) is 0. The van der Waals surface area contributed by atoms with Crippen molar-refractivity contribution < 1.29 is 9.53 Å². The van der Waals surface area contributed by atoms with E-state index in [1.54, 1.807) is 0 Å². The molecule has 0 spiro atoms. The summed E-state index contributed by atoms with van der Waals surface area (Å²) >= 11 is 0. The molecule has 0 unspecified atom stereocenters. The predicted molar refractivity (Wildman–Crippen MR) is 68.5 cm³/mol. The molecular weight excluding hydrogens is 200 g/mol. The average Bonchev–Trinajstić information content (AvgIpc) is 2.27. The normalized spacial score (nSPS) is 10.4. The third-order valence-electron chi connectivity index (χ3n) is 2.72. The monoisotopic (exact) mass is 228 g/mol. The topological polar surface area (TPSA) is 26.3 Å². The maximum Gasteiger partial charge on any atom is 0.305 e. The number of esters is 1. The zero-order chi connectivity index (χ0) is 12.1. The lowest BCUT2D eigenvalue weighted by atomic mass is 10.1. The van der Waals surface area contributed by atoms with Crippen LogP contribution in [0.5, 0.6) is 0 Å². The van der Waals surface area contributed by atoms with E-state index in [1.165, 1.54) is 44.9 Å². The summed E-state index contributed by atoms with van der Waals surface area (Å²) in [4.78, 5) is 11.0. The van der Waals surface area contributed by atoms with Gasteiger partial charge < -0.3 is 4.74 Å². The molecular formula is C14H28O2. The zero-order valence-corrected chi connectivity index (χ0v) is 11.1. The van der Waals surface area contributed by atoms with E-state index >= 15 is 0 Å². The van der Waals surface area contributed by atoms with Crippen molar-refractivity contribution in [3.8, 4) is 0 Å². The van der Waals surface area contributed by atoms with E-state index < -0.39 is 0 Å². The van der Waals surface area contributed by atoms with E-state index in [1.807, 2.05) is 6.92 Å². The molecule has 0 aromatic carbocycles. The van der Waals surface area contributed by atoms with Crippen LogP contribution >= 0.6 is 0 Å². The highest BCUT2D eigenvalue weighted by Crippen LogP contribution is 2.08. The molecule has 2 nitrogen and oxygen atoms in total. The van der Waals surface area contributed by atoms with Gasteiger partial charge in [-0.25, -0.2) is 0 Å². The van der Waals surface area contributed by atoms with E-state index in [2.05, 4.69) is 6.92 Å². The lowest BCUT2D eigenvalue weighted by molar-refractivity contribution is -0.143. The highest BCUT2D eigenvalue weighted by molar-refractivity contribution is 5.69. The van der Waals surface area contributed by atoms with Crippen LogP contribution in [0.2, 0.25) is 0 Å². The first-order chi connectivity index (χ1) is 7.81. The quantitative estimate of drug-likeness (QED) is 0.385. The Morgan fingerprint density at radius 1 is 0.812 bits per heavy atom. The second-order valence-electron chi connectivity index (χ2n) is 4.45. The van der Waals surface area contributed by atoms with Crippen LogP contribution in [0.4, 0.5) is 0 Å². The summed E-state index contributed by atoms with van der Waals surface area (Å²) < 4.78 is 5.09. The second kappa shape index (κ2) is 12.5. The number of ether oxygens (including phenoxy) is 1. The molecule has 0 radical (unpaired) electrons. The summed E-state index contributed by atoms with van der Waals surface area (Å²) in [5.41, 5.74) is 0. The lowest BCUT2D eigenvalue weighted by Gasteiger charge is -2.04. The van der Waals surface area contributed by atoms with Gasteiger partial charge in [0, 0.05) is 6.42 Å². The van der Waals surface area contributed by atoms with Gasteiger partial charge in [-0.1, -0.05) is 58.8 Å². The fraction of sp³-hybridized carbons (Fsp3) is 0.929. The molecule has 0 aliphatic rings. The first-order valence-corrected chi connectivity index (χ1v) is 6.96. The van der Waals surface area contributed by atoms with Crippen molar-refractivity contribution in [2.45, 2.75) is 78.1 Å². The van der Waals surface area contributed by atoms with Gasteiger partial charge >= 0.3 is 5.97 Å². The van der Waals surface area contributed by atoms with E-state index in [0.29, 0.717) is 13.0 Å². The molecule has 0 fully saturated rings. The third-order valence-corrected chi connectivity index (χ3v) is 2.72. The molecule has 0 bridgehead atoms. The highest BCUT2D eigenvalue weighted by atomic mass is 16.5. The van der Waals surface area contributed by atoms with E-state index in [0.717, 1.165) is 12.8 Å². The van der Waals surface area contributed by atoms with Crippen molar-refractivity contribution in [2.24, 2.45) is 0 Å². The van der Waals surface area contributed by atoms with Gasteiger partial charge in [0.15, 0.2) is 0 Å². The summed E-state index contributed by atoms with van der Waals surface area (Å²) in [7, 11) is 0. The van der Waals surface area contributed by atoms with E-state index in [-0.39, 0.29) is 5.97 Å². The Balaban J connectivity index is 3.01. The third kappa shape index (κ3) is 11.5. The van der Waals surface area contributed by atoms with Crippen LogP contribution < -0.4 is 0 Å². The van der Waals surface area contributed by atoms with Crippen LogP contribution in [0, 0.1) is 0 Å². The van der Waals surface area contributed by atoms with Gasteiger partial charge in [-0.15, -0.1) is 0 Å². The Morgan fingerprint density at radius 2 is 1.38 bits per heavy atom. The molecule has 0 aromatic heterocycles. The van der Waals surface area contributed by atoms with E-state index in [9.17, 15) is 4.79 Å². The average molecular weight is 228 g/mol. The smallest absolute Gasteiger partial charge is 0.305 e. The van der Waals surface area contributed by atoms with Gasteiger partial charge in [0.25, 0.3) is 0 Å². The number of carbonyl (C=O) groups is 1. The lowest BCUT2D eigenvalue weighted by Crippen LogP contribution is -2.04. The molecule has 0 atom stereocenters. The fourth-order valence-corrected chi connectivity index (χ4v) is 1.70. The Morgan fingerprint density at radius 3 is 1.94 bits per heavy atom. The maximum absolute atomic E-state index is 11.0. The summed E-state index contributed by atoms with van der Waals surface area (Å²) in [6.07, 6.45) is 11.7. The SMILES string of the molecule is CCCCCCCCCCOC(=O)CCC. The molecule has 0 aromatic rings. The molecule has 0 saturated heterocycles. The van der Waals surface area contributed by atoms with Crippen LogP contribution in [-0.4, -0.2) is 12.6 Å². The zero-order valence-electron chi connectivity index (χ0n) is 11.1. The van der Waals surface area contributed by atoms with Crippen molar-refractivity contribution in [1.29, 1.82) is 0 Å². The van der Waals surface area contributed by atoms with Crippen LogP contribution in [0.25, 0.3) is 0 Å². The summed E-state index contributed by atoms with van der Waals surface area (Å²) in [5, 5.41) is 0. The van der Waals surface area contributed by atoms with Crippen molar-refractivity contribution in [1.82, 2.24) is 0 Å². The molecule has 0 amide bonds. The number of hydrogen-bond acceptors (Lipinski definition) is 2. The van der Waals surface area contributed by atoms with Crippen molar-refractivity contribution in [3.63, 3.8) is 0 Å². The van der Waals surface area contributed by atoms with Crippen LogP contribution in [-0.2, 0) is 9.53 Å². The van der Waals surface area contributed by atoms with Crippen LogP contribution in [0.1, 0.15) is 78.1 Å². The standard InChI is InChI=1S/C14H28O2/c1-3-5-6-7-8-9-10-11-13-16-14(15)12-4-2/h3-13H2,1-2H3. The van der Waals surface area contributed by atoms with Gasteiger partial charge in [-0.2, -0.15) is 0 Å². The molecule has 0 rings (SSSR count). The van der Waals surface area contributed by atoms with Crippen molar-refractivity contribution >= 4 is 5.97 Å². The minimum Gasteiger partial charge on any atom is -0.466 e. The Hall–Kier alpha value is -0.530. The molecule has 0 heterocycles. The Labute approximate surface area is 101 Å². The molecule has 0 aliphatic carbocycles. The van der Waals surface area contributed by atoms with Gasteiger partial charge in [0.1, 0.15) is 0 Å². The number of rotatable bonds is 11. The first kappa shape index (κ1) is 15.5. The minimum absolute atomic E-state index is 0.0366. The molecule has 2 heteroatoms. The van der Waals surface area contributed by atoms with Gasteiger partial charge in [-0.3, -0.25) is 4.79 Å². The molecule has 0 aliphatic heterocycles. The molecule has 16 heavy (non-hydrogen) atoms. The predicted octanol–water partition coefficient (Wildman–Crippen LogP) is 4.47. The summed E-state index contributed by atoms with van der Waals surface area (Å²) in [5.74, 6) is -0.0366. The Kier molecular flexibility index (Phi) is 12.1. The van der Waals surface area contributed by atoms with Gasteiger partial charge in [0.05, 0.1) is 6.61 Å². The highest BCUT2D eigenvalue weighted by Gasteiger charge is 1.99.